The van der Waals surface area contributed by atoms with Gasteiger partial charge in [-0.3, -0.25) is 4.79 Å². The number of carbonyl (C=O) groups excluding carboxylic acids is 2. The van der Waals surface area contributed by atoms with Crippen molar-refractivity contribution in [2.24, 2.45) is 0 Å². The smallest absolute Gasteiger partial charge is 0.408 e. The highest BCUT2D eigenvalue weighted by Gasteiger charge is 2.24. The molecule has 2 N–H and O–H groups in total. The molecule has 2 amide bonds. The summed E-state index contributed by atoms with van der Waals surface area (Å²) in [5, 5.41) is 5.15. The van der Waals surface area contributed by atoms with Crippen molar-refractivity contribution >= 4 is 27.9 Å². The van der Waals surface area contributed by atoms with Crippen molar-refractivity contribution in [3.8, 4) is 0 Å². The fourth-order valence-corrected chi connectivity index (χ4v) is 2.16. The van der Waals surface area contributed by atoms with Gasteiger partial charge in [0, 0.05) is 17.9 Å². The summed E-state index contributed by atoms with van der Waals surface area (Å²) in [4.78, 5) is 23.8. The number of carbonyl (C=O) groups is 2. The predicted octanol–water partition coefficient (Wildman–Crippen LogP) is 2.63. The van der Waals surface area contributed by atoms with Gasteiger partial charge in [-0.2, -0.15) is 0 Å². The van der Waals surface area contributed by atoms with Crippen LogP contribution in [0.2, 0.25) is 0 Å². The molecule has 0 aromatic heterocycles. The van der Waals surface area contributed by atoms with E-state index in [2.05, 4.69) is 26.6 Å². The summed E-state index contributed by atoms with van der Waals surface area (Å²) in [5.74, 6) is -0.267. The van der Waals surface area contributed by atoms with Crippen LogP contribution in [0.3, 0.4) is 0 Å². The van der Waals surface area contributed by atoms with Crippen LogP contribution in [0.4, 0.5) is 4.79 Å². The number of benzene rings is 1. The molecule has 0 spiro atoms. The number of likely N-dealkylation sites (N-methyl/N-ethyl adjacent to an activating group) is 1. The summed E-state index contributed by atoms with van der Waals surface area (Å²) in [6, 6.07) is 6.88. The Hall–Kier alpha value is -1.56. The standard InChI is InChI=1S/C15H21BrN2O3/c1-15(2,3)21-14(20)18-12(13(19)17-4)9-10-7-5-6-8-11(10)16/h5-8,12H,9H2,1-4H3,(H,17,19)(H,18,20)/t12-/m1/s1. The van der Waals surface area contributed by atoms with Gasteiger partial charge >= 0.3 is 6.09 Å². The van der Waals surface area contributed by atoms with Crippen LogP contribution in [-0.4, -0.2) is 30.7 Å². The molecular formula is C15H21BrN2O3. The Morgan fingerprint density at radius 1 is 1.29 bits per heavy atom. The molecule has 6 heteroatoms. The lowest BCUT2D eigenvalue weighted by atomic mass is 10.1. The third kappa shape index (κ3) is 6.16. The van der Waals surface area contributed by atoms with Gasteiger partial charge in [-0.25, -0.2) is 4.79 Å². The van der Waals surface area contributed by atoms with E-state index < -0.39 is 17.7 Å². The minimum absolute atomic E-state index is 0.267. The molecule has 0 aliphatic heterocycles. The Kier molecular flexibility index (Phi) is 6.20. The van der Waals surface area contributed by atoms with E-state index >= 15 is 0 Å². The van der Waals surface area contributed by atoms with Gasteiger partial charge in [-0.05, 0) is 32.4 Å². The Labute approximate surface area is 133 Å². The average Bonchev–Trinajstić information content (AvgIpc) is 2.37. The highest BCUT2D eigenvalue weighted by atomic mass is 79.9. The maximum Gasteiger partial charge on any atom is 0.408 e. The van der Waals surface area contributed by atoms with Gasteiger partial charge in [-0.15, -0.1) is 0 Å². The second-order valence-electron chi connectivity index (χ2n) is 5.61. The Morgan fingerprint density at radius 2 is 1.90 bits per heavy atom. The molecule has 0 aliphatic carbocycles. The molecule has 0 fully saturated rings. The van der Waals surface area contributed by atoms with Crippen molar-refractivity contribution < 1.29 is 14.3 Å². The van der Waals surface area contributed by atoms with Crippen LogP contribution in [0.15, 0.2) is 28.7 Å². The molecule has 21 heavy (non-hydrogen) atoms. The van der Waals surface area contributed by atoms with Crippen molar-refractivity contribution in [2.75, 3.05) is 7.05 Å². The second-order valence-corrected chi connectivity index (χ2v) is 6.46. The highest BCUT2D eigenvalue weighted by molar-refractivity contribution is 9.10. The van der Waals surface area contributed by atoms with Crippen LogP contribution in [0.1, 0.15) is 26.3 Å². The van der Waals surface area contributed by atoms with Crippen LogP contribution in [-0.2, 0) is 16.0 Å². The lowest BCUT2D eigenvalue weighted by Crippen LogP contribution is -2.48. The molecule has 0 radical (unpaired) electrons. The number of nitrogens with one attached hydrogen (secondary N) is 2. The molecule has 1 rings (SSSR count). The first-order valence-electron chi connectivity index (χ1n) is 6.67. The Balaban J connectivity index is 2.80. The number of alkyl carbamates (subject to hydrolysis) is 1. The third-order valence-corrected chi connectivity index (χ3v) is 3.41. The minimum Gasteiger partial charge on any atom is -0.444 e. The number of rotatable bonds is 4. The van der Waals surface area contributed by atoms with Crippen LogP contribution in [0, 0.1) is 0 Å². The van der Waals surface area contributed by atoms with E-state index in [-0.39, 0.29) is 5.91 Å². The monoisotopic (exact) mass is 356 g/mol. The van der Waals surface area contributed by atoms with E-state index in [0.717, 1.165) is 10.0 Å². The second kappa shape index (κ2) is 7.45. The van der Waals surface area contributed by atoms with Crippen molar-refractivity contribution in [1.29, 1.82) is 0 Å². The summed E-state index contributed by atoms with van der Waals surface area (Å²) in [5.41, 5.74) is 0.326. The SMILES string of the molecule is CNC(=O)[C@@H](Cc1ccccc1Br)NC(=O)OC(C)(C)C. The van der Waals surface area contributed by atoms with E-state index in [1.54, 1.807) is 20.8 Å². The van der Waals surface area contributed by atoms with Crippen molar-refractivity contribution in [3.63, 3.8) is 0 Å². The van der Waals surface area contributed by atoms with E-state index in [1.807, 2.05) is 24.3 Å². The molecule has 1 aromatic carbocycles. The summed E-state index contributed by atoms with van der Waals surface area (Å²) >= 11 is 3.44. The zero-order chi connectivity index (χ0) is 16.0. The molecule has 0 aliphatic rings. The van der Waals surface area contributed by atoms with Gasteiger partial charge in [0.2, 0.25) is 5.91 Å². The van der Waals surface area contributed by atoms with E-state index in [4.69, 9.17) is 4.74 Å². The zero-order valence-corrected chi connectivity index (χ0v) is 14.3. The number of ether oxygens (including phenoxy) is 1. The molecule has 0 bridgehead atoms. The Morgan fingerprint density at radius 3 is 2.43 bits per heavy atom. The largest absolute Gasteiger partial charge is 0.444 e. The first-order valence-corrected chi connectivity index (χ1v) is 7.46. The van der Waals surface area contributed by atoms with E-state index in [1.165, 1.54) is 7.05 Å². The summed E-state index contributed by atoms with van der Waals surface area (Å²) in [6.45, 7) is 5.32. The van der Waals surface area contributed by atoms with E-state index in [0.29, 0.717) is 6.42 Å². The molecule has 1 aromatic rings. The molecular weight excluding hydrogens is 336 g/mol. The van der Waals surface area contributed by atoms with Gasteiger partial charge in [0.25, 0.3) is 0 Å². The van der Waals surface area contributed by atoms with Crippen LogP contribution < -0.4 is 10.6 Å². The fourth-order valence-electron chi connectivity index (χ4n) is 1.72. The summed E-state index contributed by atoms with van der Waals surface area (Å²) < 4.78 is 6.08. The Bertz CT molecular complexity index is 512. The van der Waals surface area contributed by atoms with Crippen molar-refractivity contribution in [2.45, 2.75) is 38.8 Å². The quantitative estimate of drug-likeness (QED) is 0.871. The predicted molar refractivity (Wildman–Crippen MR) is 85.1 cm³/mol. The van der Waals surface area contributed by atoms with Gasteiger partial charge in [0.15, 0.2) is 0 Å². The lowest BCUT2D eigenvalue weighted by molar-refractivity contribution is -0.122. The van der Waals surface area contributed by atoms with Crippen LogP contribution >= 0.6 is 15.9 Å². The maximum atomic E-state index is 11.9. The number of amides is 2. The average molecular weight is 357 g/mol. The van der Waals surface area contributed by atoms with Gasteiger partial charge in [0.05, 0.1) is 0 Å². The first-order chi connectivity index (χ1) is 9.73. The zero-order valence-electron chi connectivity index (χ0n) is 12.7. The van der Waals surface area contributed by atoms with Gasteiger partial charge in [0.1, 0.15) is 11.6 Å². The lowest BCUT2D eigenvalue weighted by Gasteiger charge is -2.23. The topological polar surface area (TPSA) is 67.4 Å². The third-order valence-electron chi connectivity index (χ3n) is 2.64. The minimum atomic E-state index is -0.691. The van der Waals surface area contributed by atoms with Crippen LogP contribution in [0.5, 0.6) is 0 Å². The maximum absolute atomic E-state index is 11.9. The van der Waals surface area contributed by atoms with Crippen molar-refractivity contribution in [3.05, 3.63) is 34.3 Å². The molecule has 0 unspecified atom stereocenters. The molecule has 0 saturated heterocycles. The number of halogens is 1. The van der Waals surface area contributed by atoms with Crippen molar-refractivity contribution in [1.82, 2.24) is 10.6 Å². The number of hydrogen-bond donors (Lipinski definition) is 2. The summed E-state index contributed by atoms with van der Waals surface area (Å²) in [7, 11) is 1.53. The van der Waals surface area contributed by atoms with Crippen LogP contribution in [0.25, 0.3) is 0 Å². The molecule has 116 valence electrons. The fraction of sp³-hybridized carbons (Fsp3) is 0.467. The molecule has 1 atom stereocenters. The molecule has 0 saturated carbocycles. The number of hydrogen-bond acceptors (Lipinski definition) is 3. The molecule has 5 nitrogen and oxygen atoms in total. The molecule has 0 heterocycles. The normalized spacial score (nSPS) is 12.4. The van der Waals surface area contributed by atoms with Gasteiger partial charge in [-0.1, -0.05) is 34.1 Å². The first kappa shape index (κ1) is 17.5. The highest BCUT2D eigenvalue weighted by Crippen LogP contribution is 2.18. The van der Waals surface area contributed by atoms with Gasteiger partial charge < -0.3 is 15.4 Å². The van der Waals surface area contributed by atoms with E-state index in [9.17, 15) is 9.59 Å². The summed E-state index contributed by atoms with van der Waals surface area (Å²) in [6.07, 6.45) is -0.233.